The SMILES string of the molecule is Cc1ccc(OC2CC2)c(S(N)(=O)=O)n1. The third-order valence-corrected chi connectivity index (χ3v) is 2.88. The topological polar surface area (TPSA) is 82.3 Å². The van der Waals surface area contributed by atoms with Crippen LogP contribution in [0.1, 0.15) is 18.5 Å². The van der Waals surface area contributed by atoms with E-state index in [2.05, 4.69) is 4.98 Å². The van der Waals surface area contributed by atoms with Gasteiger partial charge in [0.15, 0.2) is 5.75 Å². The predicted octanol–water partition coefficient (Wildman–Crippen LogP) is 0.579. The Kier molecular flexibility index (Phi) is 2.40. The van der Waals surface area contributed by atoms with Crippen LogP contribution in [-0.2, 0) is 10.0 Å². The summed E-state index contributed by atoms with van der Waals surface area (Å²) in [7, 11) is -3.81. The zero-order valence-corrected chi connectivity index (χ0v) is 9.12. The number of sulfonamides is 1. The van der Waals surface area contributed by atoms with Crippen LogP contribution in [0.2, 0.25) is 0 Å². The van der Waals surface area contributed by atoms with Gasteiger partial charge >= 0.3 is 0 Å². The molecule has 6 heteroatoms. The van der Waals surface area contributed by atoms with Gasteiger partial charge in [0.2, 0.25) is 5.03 Å². The fraction of sp³-hybridized carbons (Fsp3) is 0.444. The van der Waals surface area contributed by atoms with E-state index in [1.165, 1.54) is 0 Å². The third kappa shape index (κ3) is 2.45. The van der Waals surface area contributed by atoms with Gasteiger partial charge in [-0.3, -0.25) is 0 Å². The molecule has 1 aliphatic rings. The molecule has 0 bridgehead atoms. The second-order valence-corrected chi connectivity index (χ2v) is 5.09. The number of rotatable bonds is 3. The molecule has 1 aliphatic carbocycles. The maximum Gasteiger partial charge on any atom is 0.259 e. The molecule has 0 radical (unpaired) electrons. The van der Waals surface area contributed by atoms with Crippen molar-refractivity contribution in [1.29, 1.82) is 0 Å². The molecule has 1 saturated carbocycles. The normalized spacial score (nSPS) is 16.4. The standard InChI is InChI=1S/C9H12N2O3S/c1-6-2-5-8(14-7-3-4-7)9(11-6)15(10,12)13/h2,5,7H,3-4H2,1H3,(H2,10,12,13). The molecule has 0 amide bonds. The second-order valence-electron chi connectivity index (χ2n) is 3.62. The summed E-state index contributed by atoms with van der Waals surface area (Å²) in [6, 6.07) is 3.30. The highest BCUT2D eigenvalue weighted by Gasteiger charge is 2.27. The van der Waals surface area contributed by atoms with Gasteiger partial charge in [0.25, 0.3) is 10.0 Å². The van der Waals surface area contributed by atoms with Crippen LogP contribution in [-0.4, -0.2) is 19.5 Å². The minimum atomic E-state index is -3.81. The molecule has 1 heterocycles. The Morgan fingerprint density at radius 3 is 2.67 bits per heavy atom. The lowest BCUT2D eigenvalue weighted by Crippen LogP contribution is -2.16. The average Bonchev–Trinajstić information content (AvgIpc) is 2.90. The first-order valence-corrected chi connectivity index (χ1v) is 6.18. The first-order valence-electron chi connectivity index (χ1n) is 4.64. The third-order valence-electron chi connectivity index (χ3n) is 2.05. The maximum atomic E-state index is 11.2. The number of nitrogens with two attached hydrogens (primary N) is 1. The molecule has 0 aromatic carbocycles. The molecule has 0 aliphatic heterocycles. The van der Waals surface area contributed by atoms with Crippen molar-refractivity contribution >= 4 is 10.0 Å². The molecule has 0 atom stereocenters. The molecular formula is C9H12N2O3S. The molecule has 0 spiro atoms. The first kappa shape index (κ1) is 10.4. The number of ether oxygens (including phenoxy) is 1. The van der Waals surface area contributed by atoms with Gasteiger partial charge in [-0.15, -0.1) is 0 Å². The van der Waals surface area contributed by atoms with Gasteiger partial charge in [0, 0.05) is 5.69 Å². The zero-order valence-electron chi connectivity index (χ0n) is 8.30. The van der Waals surface area contributed by atoms with Crippen LogP contribution in [0.3, 0.4) is 0 Å². The molecule has 2 rings (SSSR count). The van der Waals surface area contributed by atoms with Gasteiger partial charge in [-0.05, 0) is 31.9 Å². The van der Waals surface area contributed by atoms with Crippen molar-refractivity contribution in [2.24, 2.45) is 5.14 Å². The minimum absolute atomic E-state index is 0.120. The summed E-state index contributed by atoms with van der Waals surface area (Å²) in [6.07, 6.45) is 2.03. The molecule has 15 heavy (non-hydrogen) atoms. The van der Waals surface area contributed by atoms with Gasteiger partial charge in [-0.1, -0.05) is 0 Å². The second kappa shape index (κ2) is 3.46. The number of hydrogen-bond donors (Lipinski definition) is 1. The molecule has 2 N–H and O–H groups in total. The lowest BCUT2D eigenvalue weighted by molar-refractivity contribution is 0.292. The van der Waals surface area contributed by atoms with Crippen LogP contribution >= 0.6 is 0 Å². The van der Waals surface area contributed by atoms with Gasteiger partial charge in [0.1, 0.15) is 0 Å². The predicted molar refractivity (Wildman–Crippen MR) is 54.0 cm³/mol. The molecule has 0 unspecified atom stereocenters. The first-order chi connectivity index (χ1) is 6.97. The van der Waals surface area contributed by atoms with E-state index in [9.17, 15) is 8.42 Å². The van der Waals surface area contributed by atoms with Crippen LogP contribution in [0.5, 0.6) is 5.75 Å². The van der Waals surface area contributed by atoms with E-state index in [-0.39, 0.29) is 16.9 Å². The summed E-state index contributed by atoms with van der Waals surface area (Å²) in [6.45, 7) is 1.70. The van der Waals surface area contributed by atoms with Crippen LogP contribution in [0, 0.1) is 6.92 Å². The van der Waals surface area contributed by atoms with E-state index >= 15 is 0 Å². The maximum absolute atomic E-state index is 11.2. The molecule has 82 valence electrons. The van der Waals surface area contributed by atoms with Crippen molar-refractivity contribution in [3.63, 3.8) is 0 Å². The van der Waals surface area contributed by atoms with E-state index in [1.54, 1.807) is 19.1 Å². The van der Waals surface area contributed by atoms with Crippen molar-refractivity contribution in [2.45, 2.75) is 30.9 Å². The Balaban J connectivity index is 2.43. The fourth-order valence-electron chi connectivity index (χ4n) is 1.18. The largest absolute Gasteiger partial charge is 0.487 e. The summed E-state index contributed by atoms with van der Waals surface area (Å²) in [5.74, 6) is 0.255. The Morgan fingerprint density at radius 2 is 2.13 bits per heavy atom. The van der Waals surface area contributed by atoms with Crippen LogP contribution in [0.4, 0.5) is 0 Å². The number of primary sulfonamides is 1. The Morgan fingerprint density at radius 1 is 1.47 bits per heavy atom. The molecule has 1 fully saturated rings. The van der Waals surface area contributed by atoms with Gasteiger partial charge in [-0.2, -0.15) is 0 Å². The molecular weight excluding hydrogens is 216 g/mol. The molecule has 5 nitrogen and oxygen atoms in total. The van der Waals surface area contributed by atoms with E-state index in [1.807, 2.05) is 0 Å². The fourth-order valence-corrected chi connectivity index (χ4v) is 1.85. The lowest BCUT2D eigenvalue weighted by atomic mass is 10.4. The molecule has 1 aromatic rings. The number of aromatic nitrogens is 1. The van der Waals surface area contributed by atoms with E-state index in [4.69, 9.17) is 9.88 Å². The van der Waals surface area contributed by atoms with Crippen molar-refractivity contribution in [2.75, 3.05) is 0 Å². The molecule has 1 aromatic heterocycles. The highest BCUT2D eigenvalue weighted by atomic mass is 32.2. The Bertz CT molecular complexity index is 480. The highest BCUT2D eigenvalue weighted by Crippen LogP contribution is 2.29. The van der Waals surface area contributed by atoms with Crippen molar-refractivity contribution in [3.05, 3.63) is 17.8 Å². The Hall–Kier alpha value is -1.14. The van der Waals surface area contributed by atoms with Gasteiger partial charge < -0.3 is 4.74 Å². The van der Waals surface area contributed by atoms with Crippen LogP contribution in [0.15, 0.2) is 17.2 Å². The Labute approximate surface area is 88.3 Å². The van der Waals surface area contributed by atoms with E-state index < -0.39 is 10.0 Å². The average molecular weight is 228 g/mol. The summed E-state index contributed by atoms with van der Waals surface area (Å²) >= 11 is 0. The number of aryl methyl sites for hydroxylation is 1. The summed E-state index contributed by atoms with van der Waals surface area (Å²) in [5.41, 5.74) is 0.599. The zero-order chi connectivity index (χ0) is 11.1. The quantitative estimate of drug-likeness (QED) is 0.820. The van der Waals surface area contributed by atoms with E-state index in [0.717, 1.165) is 12.8 Å². The molecule has 0 saturated heterocycles. The van der Waals surface area contributed by atoms with Gasteiger partial charge in [-0.25, -0.2) is 18.5 Å². The highest BCUT2D eigenvalue weighted by molar-refractivity contribution is 7.89. The van der Waals surface area contributed by atoms with Crippen molar-refractivity contribution in [3.8, 4) is 5.75 Å². The monoisotopic (exact) mass is 228 g/mol. The smallest absolute Gasteiger partial charge is 0.259 e. The van der Waals surface area contributed by atoms with Crippen LogP contribution in [0.25, 0.3) is 0 Å². The summed E-state index contributed by atoms with van der Waals surface area (Å²) < 4.78 is 27.9. The van der Waals surface area contributed by atoms with Crippen LogP contribution < -0.4 is 9.88 Å². The van der Waals surface area contributed by atoms with Gasteiger partial charge in [0.05, 0.1) is 6.10 Å². The van der Waals surface area contributed by atoms with Crippen molar-refractivity contribution in [1.82, 2.24) is 4.98 Å². The number of hydrogen-bond acceptors (Lipinski definition) is 4. The number of nitrogens with zero attached hydrogens (tertiary/aromatic N) is 1. The van der Waals surface area contributed by atoms with E-state index in [0.29, 0.717) is 5.69 Å². The van der Waals surface area contributed by atoms with Crippen molar-refractivity contribution < 1.29 is 13.2 Å². The minimum Gasteiger partial charge on any atom is -0.487 e. The summed E-state index contributed by atoms with van der Waals surface area (Å²) in [4.78, 5) is 3.89. The lowest BCUT2D eigenvalue weighted by Gasteiger charge is -2.08. The summed E-state index contributed by atoms with van der Waals surface area (Å²) in [5, 5.41) is 4.88. The number of pyridine rings is 1.